The zero-order chi connectivity index (χ0) is 29.0. The van der Waals surface area contributed by atoms with E-state index in [4.69, 9.17) is 20.5 Å². The van der Waals surface area contributed by atoms with Crippen molar-refractivity contribution >= 4 is 51.3 Å². The van der Waals surface area contributed by atoms with Crippen molar-refractivity contribution in [1.82, 2.24) is 5.32 Å². The number of carbonyl (C=O) groups is 3. The third kappa shape index (κ3) is 6.08. The second-order valence-corrected chi connectivity index (χ2v) is 10.7. The zero-order valence-electron chi connectivity index (χ0n) is 21.6. The number of hydrogen-bond acceptors (Lipinski definition) is 7. The second kappa shape index (κ2) is 11.8. The third-order valence-electron chi connectivity index (χ3n) is 5.82. The summed E-state index contributed by atoms with van der Waals surface area (Å²) < 4.78 is 37.4. The van der Waals surface area contributed by atoms with Crippen LogP contribution in [0.2, 0.25) is 5.02 Å². The molecule has 3 aromatic rings. The van der Waals surface area contributed by atoms with E-state index < -0.39 is 28.0 Å². The van der Waals surface area contributed by atoms with Crippen LogP contribution in [0.15, 0.2) is 83.8 Å². The Morgan fingerprint density at radius 3 is 2.33 bits per heavy atom. The molecule has 0 aromatic heterocycles. The molecule has 0 aliphatic carbocycles. The number of imide groups is 2. The number of nitrogens with zero attached hydrogens (tertiary/aromatic N) is 1. The highest BCUT2D eigenvalue weighted by Gasteiger charge is 2.37. The Morgan fingerprint density at radius 1 is 1.02 bits per heavy atom. The van der Waals surface area contributed by atoms with Crippen LogP contribution in [0.4, 0.5) is 10.5 Å². The fraction of sp³-hybridized carbons (Fsp3) is 0.138. The molecule has 9 nitrogen and oxygen atoms in total. The van der Waals surface area contributed by atoms with Gasteiger partial charge in [-0.1, -0.05) is 35.4 Å². The van der Waals surface area contributed by atoms with Crippen molar-refractivity contribution in [3.05, 3.63) is 101 Å². The molecule has 1 aliphatic heterocycles. The minimum atomic E-state index is -4.22. The van der Waals surface area contributed by atoms with E-state index in [9.17, 15) is 22.8 Å². The number of rotatable bonds is 9. The standard InChI is InChI=1S/C29H25ClN2O7S/c1-4-6-20-15-19(16-24-27(33)31-29(35)32(28(24)34)22-11-9-21(30)10-12-22)17-25(38-5-2)26(20)39-40(36,37)23-13-7-18(3)8-14-23/h4,7-17H,1,5-6H2,2-3H3,(H,31,33,35)/b24-16+. The lowest BCUT2D eigenvalue weighted by Gasteiger charge is -2.26. The van der Waals surface area contributed by atoms with Gasteiger partial charge in [0.15, 0.2) is 11.5 Å². The van der Waals surface area contributed by atoms with Crippen LogP contribution >= 0.6 is 11.6 Å². The van der Waals surface area contributed by atoms with Gasteiger partial charge in [0.2, 0.25) is 0 Å². The number of anilines is 1. The first kappa shape index (κ1) is 28.6. The Labute approximate surface area is 236 Å². The number of ether oxygens (including phenoxy) is 1. The number of carbonyl (C=O) groups excluding carboxylic acids is 3. The molecule has 11 heteroatoms. The Hall–Kier alpha value is -4.41. The number of hydrogen-bond donors (Lipinski definition) is 1. The largest absolute Gasteiger partial charge is 0.490 e. The molecule has 1 heterocycles. The number of nitrogens with one attached hydrogen (secondary N) is 1. The maximum atomic E-state index is 13.3. The quantitative estimate of drug-likeness (QED) is 0.160. The molecule has 1 fully saturated rings. The number of allylic oxidation sites excluding steroid dienone is 1. The lowest BCUT2D eigenvalue weighted by Crippen LogP contribution is -2.54. The lowest BCUT2D eigenvalue weighted by molar-refractivity contribution is -0.122. The first-order valence-electron chi connectivity index (χ1n) is 12.1. The highest BCUT2D eigenvalue weighted by atomic mass is 35.5. The Bertz CT molecular complexity index is 1630. The van der Waals surface area contributed by atoms with Crippen LogP contribution in [0, 0.1) is 6.92 Å². The molecule has 1 aliphatic rings. The molecule has 40 heavy (non-hydrogen) atoms. The Balaban J connectivity index is 1.78. The van der Waals surface area contributed by atoms with E-state index >= 15 is 0 Å². The fourth-order valence-corrected chi connectivity index (χ4v) is 5.04. The van der Waals surface area contributed by atoms with Crippen LogP contribution in [0.1, 0.15) is 23.6 Å². The van der Waals surface area contributed by atoms with E-state index in [0.717, 1.165) is 10.5 Å². The lowest BCUT2D eigenvalue weighted by atomic mass is 10.0. The number of halogens is 1. The number of amides is 4. The topological polar surface area (TPSA) is 119 Å². The van der Waals surface area contributed by atoms with E-state index in [0.29, 0.717) is 16.1 Å². The number of aryl methyl sites for hydroxylation is 1. The molecule has 1 saturated heterocycles. The maximum Gasteiger partial charge on any atom is 0.339 e. The fourth-order valence-electron chi connectivity index (χ4n) is 3.94. The summed E-state index contributed by atoms with van der Waals surface area (Å²) in [5.74, 6) is -1.69. The second-order valence-electron chi connectivity index (χ2n) is 8.72. The van der Waals surface area contributed by atoms with Crippen molar-refractivity contribution < 1.29 is 31.7 Å². The molecule has 4 rings (SSSR count). The molecule has 3 aromatic carbocycles. The van der Waals surface area contributed by atoms with Crippen LogP contribution in [-0.4, -0.2) is 32.9 Å². The summed E-state index contributed by atoms with van der Waals surface area (Å²) in [6.45, 7) is 7.45. The summed E-state index contributed by atoms with van der Waals surface area (Å²) in [7, 11) is -4.22. The number of urea groups is 1. The predicted molar refractivity (Wildman–Crippen MR) is 151 cm³/mol. The van der Waals surface area contributed by atoms with Crippen LogP contribution < -0.4 is 19.1 Å². The van der Waals surface area contributed by atoms with Gasteiger partial charge >= 0.3 is 16.1 Å². The van der Waals surface area contributed by atoms with Crippen LogP contribution in [0.25, 0.3) is 6.08 Å². The SMILES string of the molecule is C=CCc1cc(/C=C2\C(=O)NC(=O)N(c3ccc(Cl)cc3)C2=O)cc(OCC)c1OS(=O)(=O)c1ccc(C)cc1. The van der Waals surface area contributed by atoms with Gasteiger partial charge in [-0.2, -0.15) is 8.42 Å². The summed E-state index contributed by atoms with van der Waals surface area (Å²) in [6.07, 6.45) is 3.03. The number of barbiturate groups is 1. The van der Waals surface area contributed by atoms with Gasteiger partial charge in [0.25, 0.3) is 11.8 Å². The van der Waals surface area contributed by atoms with E-state index in [-0.39, 0.29) is 40.7 Å². The van der Waals surface area contributed by atoms with Gasteiger partial charge in [-0.3, -0.25) is 14.9 Å². The summed E-state index contributed by atoms with van der Waals surface area (Å²) in [6, 6.07) is 14.3. The summed E-state index contributed by atoms with van der Waals surface area (Å²) in [5, 5.41) is 2.57. The van der Waals surface area contributed by atoms with Gasteiger partial charge in [0, 0.05) is 10.6 Å². The summed E-state index contributed by atoms with van der Waals surface area (Å²) in [4.78, 5) is 39.3. The Morgan fingerprint density at radius 2 is 1.70 bits per heavy atom. The minimum Gasteiger partial charge on any atom is -0.490 e. The maximum absolute atomic E-state index is 13.3. The highest BCUT2D eigenvalue weighted by molar-refractivity contribution is 7.87. The molecule has 0 radical (unpaired) electrons. The van der Waals surface area contributed by atoms with Crippen LogP contribution in [-0.2, 0) is 26.1 Å². The normalized spacial score (nSPS) is 14.7. The van der Waals surface area contributed by atoms with Crippen molar-refractivity contribution in [3.63, 3.8) is 0 Å². The van der Waals surface area contributed by atoms with E-state index in [2.05, 4.69) is 11.9 Å². The summed E-state index contributed by atoms with van der Waals surface area (Å²) in [5.41, 5.74) is 1.51. The molecule has 0 spiro atoms. The molecular weight excluding hydrogens is 556 g/mol. The zero-order valence-corrected chi connectivity index (χ0v) is 23.2. The molecule has 0 saturated carbocycles. The molecular formula is C29H25ClN2O7S. The first-order chi connectivity index (χ1) is 19.0. The molecule has 0 unspecified atom stereocenters. The molecule has 206 valence electrons. The minimum absolute atomic E-state index is 0.0345. The monoisotopic (exact) mass is 580 g/mol. The first-order valence-corrected chi connectivity index (χ1v) is 13.9. The number of benzene rings is 3. The average molecular weight is 581 g/mol. The molecule has 4 amide bonds. The van der Waals surface area contributed by atoms with Gasteiger partial charge in [-0.25, -0.2) is 9.69 Å². The van der Waals surface area contributed by atoms with Crippen molar-refractivity contribution in [3.8, 4) is 11.5 Å². The van der Waals surface area contributed by atoms with E-state index in [1.54, 1.807) is 31.2 Å². The van der Waals surface area contributed by atoms with Crippen LogP contribution in [0.3, 0.4) is 0 Å². The van der Waals surface area contributed by atoms with E-state index in [1.807, 2.05) is 6.92 Å². The Kier molecular flexibility index (Phi) is 8.41. The highest BCUT2D eigenvalue weighted by Crippen LogP contribution is 2.37. The average Bonchev–Trinajstić information content (AvgIpc) is 2.90. The predicted octanol–water partition coefficient (Wildman–Crippen LogP) is 5.21. The van der Waals surface area contributed by atoms with Gasteiger partial charge in [-0.15, -0.1) is 6.58 Å². The van der Waals surface area contributed by atoms with Crippen molar-refractivity contribution in [1.29, 1.82) is 0 Å². The van der Waals surface area contributed by atoms with Crippen molar-refractivity contribution in [2.45, 2.75) is 25.2 Å². The van der Waals surface area contributed by atoms with Gasteiger partial charge in [0.05, 0.1) is 12.3 Å². The smallest absolute Gasteiger partial charge is 0.339 e. The van der Waals surface area contributed by atoms with Crippen molar-refractivity contribution in [2.24, 2.45) is 0 Å². The van der Waals surface area contributed by atoms with Crippen LogP contribution in [0.5, 0.6) is 11.5 Å². The molecule has 1 N–H and O–H groups in total. The summed E-state index contributed by atoms with van der Waals surface area (Å²) >= 11 is 5.92. The van der Waals surface area contributed by atoms with Gasteiger partial charge in [0.1, 0.15) is 10.5 Å². The van der Waals surface area contributed by atoms with Gasteiger partial charge < -0.3 is 8.92 Å². The molecule has 0 bridgehead atoms. The third-order valence-corrected chi connectivity index (χ3v) is 7.31. The molecule has 0 atom stereocenters. The van der Waals surface area contributed by atoms with E-state index in [1.165, 1.54) is 48.5 Å². The van der Waals surface area contributed by atoms with Gasteiger partial charge in [-0.05, 0) is 80.4 Å². The van der Waals surface area contributed by atoms with Crippen molar-refractivity contribution in [2.75, 3.05) is 11.5 Å².